The summed E-state index contributed by atoms with van der Waals surface area (Å²) in [5.41, 5.74) is -0.948. The molecule has 1 N–H and O–H groups in total. The van der Waals surface area contributed by atoms with Crippen LogP contribution in [0.2, 0.25) is 0 Å². The smallest absolute Gasteiger partial charge is 0.355 e. The van der Waals surface area contributed by atoms with Gasteiger partial charge in [0, 0.05) is 25.3 Å². The van der Waals surface area contributed by atoms with Gasteiger partial charge in [0.2, 0.25) is 10.0 Å². The van der Waals surface area contributed by atoms with E-state index >= 15 is 0 Å². The minimum Gasteiger partial charge on any atom is -0.355 e. The van der Waals surface area contributed by atoms with Gasteiger partial charge >= 0.3 is 12.4 Å². The maximum atomic E-state index is 13.0. The number of hydrogen-bond donors (Lipinski definition) is 1. The molecule has 0 radical (unpaired) electrons. The van der Waals surface area contributed by atoms with E-state index in [4.69, 9.17) is 0 Å². The van der Waals surface area contributed by atoms with Crippen LogP contribution in [-0.2, 0) is 22.4 Å². The van der Waals surface area contributed by atoms with Crippen LogP contribution in [0.1, 0.15) is 17.5 Å². The van der Waals surface area contributed by atoms with Gasteiger partial charge in [0.1, 0.15) is 5.82 Å². The number of anilines is 1. The Morgan fingerprint density at radius 1 is 0.857 bits per heavy atom. The number of alkyl halides is 6. The molecule has 4 rings (SSSR count). The molecule has 1 unspecified atom stereocenters. The first-order valence-corrected chi connectivity index (χ1v) is 11.9. The van der Waals surface area contributed by atoms with E-state index in [-0.39, 0.29) is 11.4 Å². The van der Waals surface area contributed by atoms with Crippen molar-refractivity contribution < 1.29 is 34.8 Å². The molecule has 1 aromatic heterocycles. The highest BCUT2D eigenvalue weighted by Gasteiger charge is 2.33. The Kier molecular flexibility index (Phi) is 6.54. The minimum absolute atomic E-state index is 0.0562. The second-order valence-corrected chi connectivity index (χ2v) is 9.77. The lowest BCUT2D eigenvalue weighted by Crippen LogP contribution is -2.37. The number of pyridine rings is 1. The molecule has 35 heavy (non-hydrogen) atoms. The quantitative estimate of drug-likeness (QED) is 0.466. The highest BCUT2D eigenvalue weighted by atomic mass is 32.2. The van der Waals surface area contributed by atoms with Crippen molar-refractivity contribution in [3.05, 3.63) is 78.0 Å². The number of benzene rings is 2. The van der Waals surface area contributed by atoms with Crippen molar-refractivity contribution in [1.82, 2.24) is 9.71 Å². The Morgan fingerprint density at radius 3 is 2.14 bits per heavy atom. The second-order valence-electron chi connectivity index (χ2n) is 8.06. The molecule has 0 bridgehead atoms. The van der Waals surface area contributed by atoms with Gasteiger partial charge in [-0.2, -0.15) is 26.3 Å². The average Bonchev–Trinajstić information content (AvgIpc) is 3.26. The van der Waals surface area contributed by atoms with Crippen molar-refractivity contribution in [2.75, 3.05) is 18.0 Å². The minimum atomic E-state index is -4.49. The fourth-order valence-corrected chi connectivity index (χ4v) is 5.06. The Morgan fingerprint density at radius 2 is 1.54 bits per heavy atom. The third-order valence-electron chi connectivity index (χ3n) is 5.60. The first-order valence-electron chi connectivity index (χ1n) is 10.4. The van der Waals surface area contributed by atoms with E-state index in [1.165, 1.54) is 42.5 Å². The lowest BCUT2D eigenvalue weighted by Gasteiger charge is -2.18. The van der Waals surface area contributed by atoms with Crippen LogP contribution < -0.4 is 9.62 Å². The molecule has 3 aromatic rings. The number of rotatable bonds is 5. The van der Waals surface area contributed by atoms with Gasteiger partial charge < -0.3 is 4.90 Å². The molecule has 186 valence electrons. The summed E-state index contributed by atoms with van der Waals surface area (Å²) in [5, 5.41) is 0. The van der Waals surface area contributed by atoms with E-state index in [0.717, 1.165) is 24.4 Å². The normalized spacial score (nSPS) is 17.1. The first-order chi connectivity index (χ1) is 16.3. The van der Waals surface area contributed by atoms with E-state index in [1.807, 2.05) is 0 Å². The second kappa shape index (κ2) is 9.15. The Labute approximate surface area is 197 Å². The van der Waals surface area contributed by atoms with Crippen LogP contribution >= 0.6 is 0 Å². The molecule has 5 nitrogen and oxygen atoms in total. The molecule has 2 heterocycles. The summed E-state index contributed by atoms with van der Waals surface area (Å²) in [7, 11) is -3.93. The first kappa shape index (κ1) is 25.0. The molecule has 1 aliphatic heterocycles. The summed E-state index contributed by atoms with van der Waals surface area (Å²) in [6, 6.07) is 11.9. The molecule has 1 fully saturated rings. The average molecular weight is 515 g/mol. The predicted octanol–water partition coefficient (Wildman–Crippen LogP) is 5.34. The lowest BCUT2D eigenvalue weighted by atomic mass is 10.0. The zero-order chi connectivity index (χ0) is 25.4. The van der Waals surface area contributed by atoms with Gasteiger partial charge in [0.15, 0.2) is 0 Å². The number of halogens is 6. The van der Waals surface area contributed by atoms with Gasteiger partial charge in [-0.25, -0.2) is 18.1 Å². The van der Waals surface area contributed by atoms with Crippen LogP contribution in [0, 0.1) is 0 Å². The summed E-state index contributed by atoms with van der Waals surface area (Å²) in [6.07, 6.45) is -7.83. The van der Waals surface area contributed by atoms with Crippen molar-refractivity contribution in [1.29, 1.82) is 0 Å². The highest BCUT2D eigenvalue weighted by molar-refractivity contribution is 7.89. The van der Waals surface area contributed by atoms with Gasteiger partial charge in [-0.1, -0.05) is 24.3 Å². The SMILES string of the molecule is O=S(=O)(NC1CCN(c2ccc(C(F)(F)F)cn2)C1)c1ccc(-c2cccc(C(F)(F)F)c2)cc1. The summed E-state index contributed by atoms with van der Waals surface area (Å²) >= 11 is 0. The number of sulfonamides is 1. The van der Waals surface area contributed by atoms with Crippen LogP contribution in [0.3, 0.4) is 0 Å². The highest BCUT2D eigenvalue weighted by Crippen LogP contribution is 2.33. The van der Waals surface area contributed by atoms with E-state index in [1.54, 1.807) is 4.90 Å². The number of aromatic nitrogens is 1. The van der Waals surface area contributed by atoms with Crippen molar-refractivity contribution in [2.45, 2.75) is 29.7 Å². The summed E-state index contributed by atoms with van der Waals surface area (Å²) in [4.78, 5) is 5.46. The van der Waals surface area contributed by atoms with Crippen molar-refractivity contribution >= 4 is 15.8 Å². The third-order valence-corrected chi connectivity index (χ3v) is 7.13. The number of nitrogens with one attached hydrogen (secondary N) is 1. The standard InChI is InChI=1S/C23H19F6N3O2S/c24-22(25,26)17-3-1-2-16(12-17)15-4-7-20(8-5-15)35(33,34)31-19-10-11-32(14-19)21-9-6-18(13-30-21)23(27,28)29/h1-9,12-13,19,31H,10-11,14H2. The Hall–Kier alpha value is -3.12. The van der Waals surface area contributed by atoms with Crippen LogP contribution in [0.5, 0.6) is 0 Å². The maximum Gasteiger partial charge on any atom is 0.417 e. The van der Waals surface area contributed by atoms with E-state index in [0.29, 0.717) is 29.9 Å². The van der Waals surface area contributed by atoms with Crippen LogP contribution in [-0.4, -0.2) is 32.5 Å². The van der Waals surface area contributed by atoms with Crippen molar-refractivity contribution in [3.8, 4) is 11.1 Å². The molecular formula is C23H19F6N3O2S. The van der Waals surface area contributed by atoms with Gasteiger partial charge in [-0.3, -0.25) is 0 Å². The molecular weight excluding hydrogens is 496 g/mol. The molecule has 0 aliphatic carbocycles. The Bertz CT molecular complexity index is 1290. The maximum absolute atomic E-state index is 13.0. The third kappa shape index (κ3) is 5.76. The summed E-state index contributed by atoms with van der Waals surface area (Å²) in [5.74, 6) is 0.310. The largest absolute Gasteiger partial charge is 0.417 e. The fraction of sp³-hybridized carbons (Fsp3) is 0.261. The van der Waals surface area contributed by atoms with Crippen LogP contribution in [0.15, 0.2) is 71.8 Å². The molecule has 0 saturated carbocycles. The predicted molar refractivity (Wildman–Crippen MR) is 117 cm³/mol. The van der Waals surface area contributed by atoms with Gasteiger partial charge in [-0.05, 0) is 53.9 Å². The van der Waals surface area contributed by atoms with Crippen molar-refractivity contribution in [3.63, 3.8) is 0 Å². The molecule has 0 spiro atoms. The molecule has 1 atom stereocenters. The molecule has 2 aromatic carbocycles. The van der Waals surface area contributed by atoms with E-state index in [9.17, 15) is 34.8 Å². The molecule has 0 amide bonds. The number of hydrogen-bond acceptors (Lipinski definition) is 4. The Balaban J connectivity index is 1.43. The van der Waals surface area contributed by atoms with Crippen LogP contribution in [0.25, 0.3) is 11.1 Å². The summed E-state index contributed by atoms with van der Waals surface area (Å²) in [6.45, 7) is 0.625. The van der Waals surface area contributed by atoms with E-state index in [2.05, 4.69) is 9.71 Å². The topological polar surface area (TPSA) is 62.3 Å². The zero-order valence-corrected chi connectivity index (χ0v) is 18.8. The lowest BCUT2D eigenvalue weighted by molar-refractivity contribution is -0.138. The van der Waals surface area contributed by atoms with Gasteiger partial charge in [-0.15, -0.1) is 0 Å². The van der Waals surface area contributed by atoms with E-state index < -0.39 is 39.5 Å². The van der Waals surface area contributed by atoms with Gasteiger partial charge in [0.05, 0.1) is 16.0 Å². The summed E-state index contributed by atoms with van der Waals surface area (Å²) < 4.78 is 105. The fourth-order valence-electron chi connectivity index (χ4n) is 3.79. The zero-order valence-electron chi connectivity index (χ0n) is 17.9. The molecule has 1 aliphatic rings. The van der Waals surface area contributed by atoms with Crippen LogP contribution in [0.4, 0.5) is 32.2 Å². The van der Waals surface area contributed by atoms with Gasteiger partial charge in [0.25, 0.3) is 0 Å². The number of nitrogens with zero attached hydrogens (tertiary/aromatic N) is 2. The van der Waals surface area contributed by atoms with Crippen molar-refractivity contribution in [2.24, 2.45) is 0 Å². The molecule has 1 saturated heterocycles. The molecule has 12 heteroatoms. The monoisotopic (exact) mass is 515 g/mol.